The number of imidazole rings is 1. The van der Waals surface area contributed by atoms with Crippen LogP contribution in [-0.2, 0) is 19.5 Å². The van der Waals surface area contributed by atoms with Crippen LogP contribution in [0.1, 0.15) is 42.3 Å². The highest BCUT2D eigenvalue weighted by Crippen LogP contribution is 2.37. The average Bonchev–Trinajstić information content (AvgIpc) is 3.21. The molecule has 3 heterocycles. The van der Waals surface area contributed by atoms with Crippen molar-refractivity contribution in [2.45, 2.75) is 44.8 Å². The molecule has 0 bridgehead atoms. The Morgan fingerprint density at radius 2 is 1.52 bits per heavy atom. The molecule has 3 aromatic rings. The summed E-state index contributed by atoms with van der Waals surface area (Å²) in [5.41, 5.74) is 2.86. The first kappa shape index (κ1) is 20.5. The van der Waals surface area contributed by atoms with Crippen LogP contribution in [0.3, 0.4) is 0 Å². The summed E-state index contributed by atoms with van der Waals surface area (Å²) in [6.45, 7) is 6.84. The van der Waals surface area contributed by atoms with Gasteiger partial charge in [-0.2, -0.15) is 0 Å². The first-order valence-corrected chi connectivity index (χ1v) is 11.9. The number of aromatic nitrogens is 2. The smallest absolute Gasteiger partial charge is 0.126 e. The predicted octanol–water partition coefficient (Wildman–Crippen LogP) is 4.78. The predicted molar refractivity (Wildman–Crippen MR) is 126 cm³/mol. The van der Waals surface area contributed by atoms with Crippen LogP contribution in [0.4, 0.5) is 0 Å². The Morgan fingerprint density at radius 3 is 2.26 bits per heavy atom. The zero-order chi connectivity index (χ0) is 20.9. The molecular weight excluding hydrogens is 380 g/mol. The molecule has 1 atom stereocenters. The van der Waals surface area contributed by atoms with E-state index in [9.17, 15) is 0 Å². The van der Waals surface area contributed by atoms with E-state index in [4.69, 9.17) is 4.98 Å². The second-order valence-corrected chi connectivity index (χ2v) is 9.15. The van der Waals surface area contributed by atoms with Crippen LogP contribution >= 0.6 is 0 Å². The van der Waals surface area contributed by atoms with Gasteiger partial charge >= 0.3 is 0 Å². The van der Waals surface area contributed by atoms with E-state index in [-0.39, 0.29) is 0 Å². The molecule has 1 aromatic heterocycles. The second kappa shape index (κ2) is 9.80. The van der Waals surface area contributed by atoms with Gasteiger partial charge in [0.05, 0.1) is 6.04 Å². The van der Waals surface area contributed by atoms with Crippen molar-refractivity contribution in [3.63, 3.8) is 0 Å². The first-order chi connectivity index (χ1) is 15.4. The molecule has 4 heteroatoms. The van der Waals surface area contributed by atoms with E-state index in [1.54, 1.807) is 0 Å². The van der Waals surface area contributed by atoms with Crippen LogP contribution in [0.15, 0.2) is 73.1 Å². The SMILES string of the molecule is c1ccc(CCN2CCC(C3c4nccn4CCCN3Cc3ccccc3)CC2)cc1. The number of hydrogen-bond donors (Lipinski definition) is 0. The number of nitrogens with zero attached hydrogens (tertiary/aromatic N) is 4. The maximum absolute atomic E-state index is 4.87. The summed E-state index contributed by atoms with van der Waals surface area (Å²) in [5.74, 6) is 1.96. The largest absolute Gasteiger partial charge is 0.334 e. The Bertz CT molecular complexity index is 928. The molecule has 1 saturated heterocycles. The number of piperidine rings is 1. The molecule has 2 aliphatic rings. The van der Waals surface area contributed by atoms with Crippen molar-refractivity contribution < 1.29 is 0 Å². The lowest BCUT2D eigenvalue weighted by molar-refractivity contribution is 0.0798. The first-order valence-electron chi connectivity index (χ1n) is 11.9. The van der Waals surface area contributed by atoms with E-state index < -0.39 is 0 Å². The third-order valence-corrected chi connectivity index (χ3v) is 7.12. The maximum atomic E-state index is 4.87. The van der Waals surface area contributed by atoms with Crippen molar-refractivity contribution in [2.75, 3.05) is 26.2 Å². The van der Waals surface area contributed by atoms with E-state index in [0.717, 1.165) is 26.1 Å². The fourth-order valence-corrected chi connectivity index (χ4v) is 5.45. The standard InChI is InChI=1S/C27H34N4/c1-3-8-23(9-4-1)12-18-29-19-13-25(14-20-29)26-27-28-15-21-30(27)16-7-17-31(26)22-24-10-5-2-6-11-24/h1-6,8-11,15,21,25-26H,7,12-14,16-20,22H2. The van der Waals surface area contributed by atoms with Gasteiger partial charge in [0.25, 0.3) is 0 Å². The molecule has 2 aliphatic heterocycles. The van der Waals surface area contributed by atoms with Crippen molar-refractivity contribution in [3.05, 3.63) is 90.0 Å². The summed E-state index contributed by atoms with van der Waals surface area (Å²) in [6, 6.07) is 22.3. The Morgan fingerprint density at radius 1 is 0.806 bits per heavy atom. The van der Waals surface area contributed by atoms with Crippen LogP contribution in [-0.4, -0.2) is 45.5 Å². The number of benzene rings is 2. The molecule has 1 unspecified atom stereocenters. The Balaban J connectivity index is 1.27. The molecular formula is C27H34N4. The van der Waals surface area contributed by atoms with Gasteiger partial charge in [0.2, 0.25) is 0 Å². The summed E-state index contributed by atoms with van der Waals surface area (Å²) in [4.78, 5) is 10.2. The molecule has 31 heavy (non-hydrogen) atoms. The second-order valence-electron chi connectivity index (χ2n) is 9.15. The molecule has 162 valence electrons. The lowest BCUT2D eigenvalue weighted by atomic mass is 9.87. The fourth-order valence-electron chi connectivity index (χ4n) is 5.45. The number of hydrogen-bond acceptors (Lipinski definition) is 3. The molecule has 0 saturated carbocycles. The van der Waals surface area contributed by atoms with Gasteiger partial charge in [-0.25, -0.2) is 4.98 Å². The van der Waals surface area contributed by atoms with Gasteiger partial charge in [-0.05, 0) is 55.8 Å². The van der Waals surface area contributed by atoms with Gasteiger partial charge in [0, 0.05) is 38.6 Å². The lowest BCUT2D eigenvalue weighted by Crippen LogP contribution is -2.41. The molecule has 2 aromatic carbocycles. The summed E-state index contributed by atoms with van der Waals surface area (Å²) in [7, 11) is 0. The Hall–Kier alpha value is -2.43. The van der Waals surface area contributed by atoms with E-state index >= 15 is 0 Å². The topological polar surface area (TPSA) is 24.3 Å². The van der Waals surface area contributed by atoms with E-state index in [1.165, 1.54) is 55.8 Å². The third-order valence-electron chi connectivity index (χ3n) is 7.12. The number of fused-ring (bicyclic) bond motifs is 1. The van der Waals surface area contributed by atoms with Crippen LogP contribution < -0.4 is 0 Å². The minimum Gasteiger partial charge on any atom is -0.334 e. The van der Waals surface area contributed by atoms with E-state index in [1.807, 2.05) is 6.20 Å². The molecule has 4 nitrogen and oxygen atoms in total. The minimum atomic E-state index is 0.425. The lowest BCUT2D eigenvalue weighted by Gasteiger charge is -2.40. The van der Waals surface area contributed by atoms with Crippen LogP contribution in [0, 0.1) is 5.92 Å². The van der Waals surface area contributed by atoms with Crippen molar-refractivity contribution in [1.29, 1.82) is 0 Å². The van der Waals surface area contributed by atoms with Gasteiger partial charge in [0.15, 0.2) is 0 Å². The molecule has 0 amide bonds. The van der Waals surface area contributed by atoms with Crippen molar-refractivity contribution >= 4 is 0 Å². The van der Waals surface area contributed by atoms with Gasteiger partial charge in [-0.1, -0.05) is 60.7 Å². The van der Waals surface area contributed by atoms with Gasteiger partial charge in [0.1, 0.15) is 5.82 Å². The minimum absolute atomic E-state index is 0.425. The van der Waals surface area contributed by atoms with Crippen LogP contribution in [0.25, 0.3) is 0 Å². The van der Waals surface area contributed by atoms with Gasteiger partial charge < -0.3 is 9.47 Å². The molecule has 0 spiro atoms. The normalized spacial score (nSPS) is 21.0. The Kier molecular flexibility index (Phi) is 6.47. The number of aryl methyl sites for hydroxylation is 1. The molecule has 0 radical (unpaired) electrons. The van der Waals surface area contributed by atoms with E-state index in [0.29, 0.717) is 12.0 Å². The van der Waals surface area contributed by atoms with Gasteiger partial charge in [-0.15, -0.1) is 0 Å². The number of likely N-dealkylation sites (tertiary alicyclic amines) is 1. The monoisotopic (exact) mass is 414 g/mol. The van der Waals surface area contributed by atoms with Crippen LogP contribution in [0.2, 0.25) is 0 Å². The average molecular weight is 415 g/mol. The summed E-state index contributed by atoms with van der Waals surface area (Å²) in [6.07, 6.45) is 9.06. The highest BCUT2D eigenvalue weighted by atomic mass is 15.2. The van der Waals surface area contributed by atoms with Crippen molar-refractivity contribution in [3.8, 4) is 0 Å². The fraction of sp³-hybridized carbons (Fsp3) is 0.444. The van der Waals surface area contributed by atoms with Crippen molar-refractivity contribution in [1.82, 2.24) is 19.4 Å². The van der Waals surface area contributed by atoms with E-state index in [2.05, 4.69) is 81.2 Å². The maximum Gasteiger partial charge on any atom is 0.126 e. The summed E-state index contributed by atoms with van der Waals surface area (Å²) >= 11 is 0. The third kappa shape index (κ3) is 4.91. The zero-order valence-corrected chi connectivity index (χ0v) is 18.4. The van der Waals surface area contributed by atoms with Crippen molar-refractivity contribution in [2.24, 2.45) is 5.92 Å². The van der Waals surface area contributed by atoms with Gasteiger partial charge in [-0.3, -0.25) is 4.90 Å². The number of rotatable bonds is 6. The zero-order valence-electron chi connectivity index (χ0n) is 18.4. The van der Waals surface area contributed by atoms with Crippen LogP contribution in [0.5, 0.6) is 0 Å². The highest BCUT2D eigenvalue weighted by molar-refractivity contribution is 5.16. The Labute approximate surface area is 186 Å². The quantitative estimate of drug-likeness (QED) is 0.580. The molecule has 1 fully saturated rings. The molecule has 0 N–H and O–H groups in total. The summed E-state index contributed by atoms with van der Waals surface area (Å²) < 4.78 is 2.41. The highest BCUT2D eigenvalue weighted by Gasteiger charge is 2.35. The molecule has 5 rings (SSSR count). The summed E-state index contributed by atoms with van der Waals surface area (Å²) in [5, 5.41) is 0. The molecule has 0 aliphatic carbocycles.